The van der Waals surface area contributed by atoms with E-state index in [2.05, 4.69) is 35.0 Å². The lowest BCUT2D eigenvalue weighted by atomic mass is 9.78. The van der Waals surface area contributed by atoms with E-state index in [1.807, 2.05) is 0 Å². The first-order valence-electron chi connectivity index (χ1n) is 12.0. The molecule has 4 rings (SSSR count). The van der Waals surface area contributed by atoms with Gasteiger partial charge in [-0.3, -0.25) is 0 Å². The Balaban J connectivity index is 1.43. The molecule has 0 atom stereocenters. The number of aryl methyl sites for hydroxylation is 2. The lowest BCUT2D eigenvalue weighted by Gasteiger charge is -2.44. The van der Waals surface area contributed by atoms with E-state index in [9.17, 15) is 13.2 Å². The van der Waals surface area contributed by atoms with Gasteiger partial charge >= 0.3 is 6.03 Å². The van der Waals surface area contributed by atoms with Crippen LogP contribution < -0.4 is 10.0 Å². The van der Waals surface area contributed by atoms with E-state index in [0.29, 0.717) is 6.42 Å². The first-order valence-corrected chi connectivity index (χ1v) is 13.7. The molecule has 0 saturated heterocycles. The molecule has 7 heteroatoms. The minimum Gasteiger partial charge on any atom is -0.307 e. The monoisotopic (exact) mass is 447 g/mol. The van der Waals surface area contributed by atoms with Gasteiger partial charge in [0.15, 0.2) is 0 Å². The van der Waals surface area contributed by atoms with Gasteiger partial charge in [0, 0.05) is 11.2 Å². The molecular formula is C24H37N3O3S. The predicted octanol–water partition coefficient (Wildman–Crippen LogP) is 4.16. The molecule has 0 spiro atoms. The minimum absolute atomic E-state index is 0.0181. The standard InChI is InChI=1S/C24H37N3O3S/c1-3-27(2)24(13-5-4-6-14-24)15-16-31(29,30)26-23(28)25-22-20-11-7-9-18(20)17-19-10-8-12-21(19)22/h17H,3-16H2,1-2H3,(H2,25,26,28). The Hall–Kier alpha value is -1.60. The molecule has 3 aliphatic rings. The van der Waals surface area contributed by atoms with Crippen LogP contribution in [-0.2, 0) is 35.7 Å². The summed E-state index contributed by atoms with van der Waals surface area (Å²) in [5.41, 5.74) is 5.86. The van der Waals surface area contributed by atoms with E-state index in [1.54, 1.807) is 0 Å². The third kappa shape index (κ3) is 4.77. The molecule has 1 saturated carbocycles. The number of nitrogens with zero attached hydrogens (tertiary/aromatic N) is 1. The SMILES string of the molecule is CCN(C)C1(CCS(=O)(=O)NC(=O)Nc2c3c(cc4c2CCC4)CCC3)CCCCC1. The number of hydrogen-bond donors (Lipinski definition) is 2. The largest absolute Gasteiger partial charge is 0.332 e. The van der Waals surface area contributed by atoms with Crippen molar-refractivity contribution in [3.05, 3.63) is 28.3 Å². The highest BCUT2D eigenvalue weighted by molar-refractivity contribution is 7.90. The molecule has 2 amide bonds. The third-order valence-corrected chi connectivity index (χ3v) is 9.10. The lowest BCUT2D eigenvalue weighted by Crippen LogP contribution is -2.49. The van der Waals surface area contributed by atoms with E-state index >= 15 is 0 Å². The lowest BCUT2D eigenvalue weighted by molar-refractivity contribution is 0.0766. The van der Waals surface area contributed by atoms with Crippen LogP contribution in [0.25, 0.3) is 0 Å². The van der Waals surface area contributed by atoms with Gasteiger partial charge in [0.1, 0.15) is 0 Å². The molecule has 1 fully saturated rings. The van der Waals surface area contributed by atoms with E-state index in [4.69, 9.17) is 0 Å². The molecule has 0 radical (unpaired) electrons. The molecular weight excluding hydrogens is 410 g/mol. The number of sulfonamides is 1. The van der Waals surface area contributed by atoms with Crippen LogP contribution in [-0.4, -0.2) is 44.2 Å². The van der Waals surface area contributed by atoms with Crippen molar-refractivity contribution < 1.29 is 13.2 Å². The van der Waals surface area contributed by atoms with E-state index in [1.165, 1.54) is 28.7 Å². The molecule has 6 nitrogen and oxygen atoms in total. The highest BCUT2D eigenvalue weighted by Crippen LogP contribution is 2.39. The molecule has 1 aromatic carbocycles. The van der Waals surface area contributed by atoms with Gasteiger partial charge in [-0.05, 0) is 93.6 Å². The zero-order chi connectivity index (χ0) is 22.1. The summed E-state index contributed by atoms with van der Waals surface area (Å²) in [5, 5.41) is 2.94. The molecule has 0 bridgehead atoms. The van der Waals surface area contributed by atoms with Crippen molar-refractivity contribution >= 4 is 21.7 Å². The molecule has 0 heterocycles. The average molecular weight is 448 g/mol. The van der Waals surface area contributed by atoms with Gasteiger partial charge in [0.25, 0.3) is 0 Å². The maximum absolute atomic E-state index is 12.8. The van der Waals surface area contributed by atoms with Crippen LogP contribution >= 0.6 is 0 Å². The Kier molecular flexibility index (Phi) is 6.63. The van der Waals surface area contributed by atoms with Gasteiger partial charge in [-0.25, -0.2) is 17.9 Å². The topological polar surface area (TPSA) is 78.5 Å². The Morgan fingerprint density at radius 3 is 2.19 bits per heavy atom. The van der Waals surface area contributed by atoms with Crippen LogP contribution in [0.15, 0.2) is 6.07 Å². The number of anilines is 1. The predicted molar refractivity (Wildman–Crippen MR) is 125 cm³/mol. The highest BCUT2D eigenvalue weighted by atomic mass is 32.2. The molecule has 1 aromatic rings. The molecule has 0 unspecified atom stereocenters. The molecule has 3 aliphatic carbocycles. The summed E-state index contributed by atoms with van der Waals surface area (Å²) in [6.07, 6.45) is 12.3. The zero-order valence-electron chi connectivity index (χ0n) is 19.1. The number of urea groups is 1. The summed E-state index contributed by atoms with van der Waals surface area (Å²) in [6, 6.07) is 1.69. The fraction of sp³-hybridized carbons (Fsp3) is 0.708. The second-order valence-corrected chi connectivity index (χ2v) is 11.5. The van der Waals surface area contributed by atoms with Gasteiger partial charge < -0.3 is 10.2 Å². The maximum atomic E-state index is 12.8. The van der Waals surface area contributed by atoms with Crippen molar-refractivity contribution in [3.63, 3.8) is 0 Å². The first kappa shape index (κ1) is 22.6. The summed E-state index contributed by atoms with van der Waals surface area (Å²) in [5.74, 6) is -0.0181. The van der Waals surface area contributed by atoms with Crippen LogP contribution in [0, 0.1) is 0 Å². The van der Waals surface area contributed by atoms with Crippen molar-refractivity contribution in [1.82, 2.24) is 9.62 Å². The molecule has 0 aliphatic heterocycles. The van der Waals surface area contributed by atoms with Crippen molar-refractivity contribution in [1.29, 1.82) is 0 Å². The smallest absolute Gasteiger partial charge is 0.307 e. The highest BCUT2D eigenvalue weighted by Gasteiger charge is 2.36. The third-order valence-electron chi connectivity index (χ3n) is 7.86. The van der Waals surface area contributed by atoms with Gasteiger partial charge in [-0.1, -0.05) is 32.3 Å². The quantitative estimate of drug-likeness (QED) is 0.658. The summed E-state index contributed by atoms with van der Waals surface area (Å²) in [6.45, 7) is 3.02. The van der Waals surface area contributed by atoms with Gasteiger partial charge in [-0.2, -0.15) is 0 Å². The summed E-state index contributed by atoms with van der Waals surface area (Å²) in [7, 11) is -1.61. The number of benzene rings is 1. The van der Waals surface area contributed by atoms with Crippen molar-refractivity contribution in [2.24, 2.45) is 0 Å². The Labute approximate surface area is 187 Å². The fourth-order valence-corrected chi connectivity index (χ4v) is 7.07. The summed E-state index contributed by atoms with van der Waals surface area (Å²) >= 11 is 0. The summed E-state index contributed by atoms with van der Waals surface area (Å²) < 4.78 is 27.9. The minimum atomic E-state index is -3.70. The van der Waals surface area contributed by atoms with Crippen molar-refractivity contribution in [2.45, 2.75) is 89.5 Å². The zero-order valence-corrected chi connectivity index (χ0v) is 19.9. The first-order chi connectivity index (χ1) is 14.8. The Morgan fingerprint density at radius 2 is 1.61 bits per heavy atom. The number of amides is 2. The number of nitrogens with one attached hydrogen (secondary N) is 2. The summed E-state index contributed by atoms with van der Waals surface area (Å²) in [4.78, 5) is 15.0. The second-order valence-electron chi connectivity index (χ2n) is 9.66. The number of hydrogen-bond acceptors (Lipinski definition) is 4. The van der Waals surface area contributed by atoms with E-state index in [0.717, 1.165) is 76.4 Å². The van der Waals surface area contributed by atoms with E-state index < -0.39 is 16.1 Å². The number of fused-ring (bicyclic) bond motifs is 2. The maximum Gasteiger partial charge on any atom is 0.332 e. The van der Waals surface area contributed by atoms with Crippen molar-refractivity contribution in [3.8, 4) is 0 Å². The molecule has 31 heavy (non-hydrogen) atoms. The van der Waals surface area contributed by atoms with E-state index in [-0.39, 0.29) is 11.3 Å². The van der Waals surface area contributed by atoms with Crippen LogP contribution in [0.5, 0.6) is 0 Å². The van der Waals surface area contributed by atoms with Gasteiger partial charge in [-0.15, -0.1) is 0 Å². The number of rotatable bonds is 7. The Morgan fingerprint density at radius 1 is 1.00 bits per heavy atom. The Bertz CT molecular complexity index is 904. The van der Waals surface area contributed by atoms with Gasteiger partial charge in [0.05, 0.1) is 5.75 Å². The average Bonchev–Trinajstić information content (AvgIpc) is 3.41. The fourth-order valence-electron chi connectivity index (χ4n) is 5.99. The van der Waals surface area contributed by atoms with Crippen LogP contribution in [0.1, 0.15) is 80.5 Å². The molecule has 2 N–H and O–H groups in total. The van der Waals surface area contributed by atoms with Crippen molar-refractivity contribution in [2.75, 3.05) is 24.7 Å². The number of carbonyl (C=O) groups excluding carboxylic acids is 1. The van der Waals surface area contributed by atoms with Gasteiger partial charge in [0.2, 0.25) is 10.0 Å². The number of carbonyl (C=O) groups is 1. The molecule has 0 aromatic heterocycles. The molecule has 172 valence electrons. The van der Waals surface area contributed by atoms with Crippen LogP contribution in [0.3, 0.4) is 0 Å². The second kappa shape index (κ2) is 9.10. The van der Waals surface area contributed by atoms with Crippen LogP contribution in [0.4, 0.5) is 10.5 Å². The normalized spacial score (nSPS) is 19.8. The van der Waals surface area contributed by atoms with Crippen LogP contribution in [0.2, 0.25) is 0 Å².